The van der Waals surface area contributed by atoms with Crippen molar-refractivity contribution in [2.24, 2.45) is 0 Å². The van der Waals surface area contributed by atoms with Gasteiger partial charge in [-0.2, -0.15) is 10.4 Å². The molecule has 0 atom stereocenters. The topological polar surface area (TPSA) is 41.6 Å². The van der Waals surface area contributed by atoms with Crippen LogP contribution in [-0.4, -0.2) is 9.78 Å². The van der Waals surface area contributed by atoms with Crippen LogP contribution in [0.3, 0.4) is 0 Å². The maximum Gasteiger partial charge on any atom is 0.0992 e. The van der Waals surface area contributed by atoms with Crippen LogP contribution in [0.2, 0.25) is 0 Å². The molecule has 16 heavy (non-hydrogen) atoms. The van der Waals surface area contributed by atoms with E-state index >= 15 is 0 Å². The zero-order valence-electron chi connectivity index (χ0n) is 8.80. The normalized spacial score (nSPS) is 14.7. The molecule has 0 N–H and O–H groups in total. The van der Waals surface area contributed by atoms with Crippen LogP contribution in [0.4, 0.5) is 0 Å². The van der Waals surface area contributed by atoms with E-state index in [4.69, 9.17) is 5.26 Å². The van der Waals surface area contributed by atoms with Gasteiger partial charge in [0, 0.05) is 17.8 Å². The number of aromatic nitrogens is 2. The van der Waals surface area contributed by atoms with Gasteiger partial charge in [0.25, 0.3) is 0 Å². The van der Waals surface area contributed by atoms with Crippen LogP contribution in [0.15, 0.2) is 36.5 Å². The van der Waals surface area contributed by atoms with Gasteiger partial charge in [-0.25, -0.2) is 4.68 Å². The SMILES string of the molecule is N#Cc1cccc(-n2nccc2C2CC2)c1. The van der Waals surface area contributed by atoms with Gasteiger partial charge in [-0.05, 0) is 37.1 Å². The number of rotatable bonds is 2. The van der Waals surface area contributed by atoms with Gasteiger partial charge in [0.15, 0.2) is 0 Å². The zero-order chi connectivity index (χ0) is 11.0. The Morgan fingerprint density at radius 1 is 1.31 bits per heavy atom. The third kappa shape index (κ3) is 1.49. The lowest BCUT2D eigenvalue weighted by atomic mass is 10.2. The van der Waals surface area contributed by atoms with E-state index in [2.05, 4.69) is 17.2 Å². The lowest BCUT2D eigenvalue weighted by molar-refractivity contribution is 0.808. The summed E-state index contributed by atoms with van der Waals surface area (Å²) in [6.45, 7) is 0. The number of hydrogen-bond donors (Lipinski definition) is 0. The Morgan fingerprint density at radius 2 is 2.19 bits per heavy atom. The lowest BCUT2D eigenvalue weighted by Crippen LogP contribution is -2.00. The van der Waals surface area contributed by atoms with E-state index in [1.165, 1.54) is 18.5 Å². The van der Waals surface area contributed by atoms with E-state index in [9.17, 15) is 0 Å². The van der Waals surface area contributed by atoms with Gasteiger partial charge < -0.3 is 0 Å². The molecule has 0 saturated heterocycles. The van der Waals surface area contributed by atoms with Crippen molar-refractivity contribution in [3.05, 3.63) is 47.8 Å². The largest absolute Gasteiger partial charge is 0.238 e. The standard InChI is InChI=1S/C13H11N3/c14-9-10-2-1-3-12(8-10)16-13(6-7-15-16)11-4-5-11/h1-3,6-8,11H,4-5H2. The van der Waals surface area contributed by atoms with Crippen molar-refractivity contribution in [3.63, 3.8) is 0 Å². The van der Waals surface area contributed by atoms with Crippen molar-refractivity contribution in [3.8, 4) is 11.8 Å². The van der Waals surface area contributed by atoms with E-state index in [1.807, 2.05) is 35.1 Å². The minimum Gasteiger partial charge on any atom is -0.238 e. The number of nitrogens with zero attached hydrogens (tertiary/aromatic N) is 3. The smallest absolute Gasteiger partial charge is 0.0992 e. The van der Waals surface area contributed by atoms with Crippen LogP contribution >= 0.6 is 0 Å². The molecular formula is C13H11N3. The van der Waals surface area contributed by atoms with Crippen LogP contribution in [0, 0.1) is 11.3 Å². The first-order valence-electron chi connectivity index (χ1n) is 5.43. The van der Waals surface area contributed by atoms with Gasteiger partial charge in [0.1, 0.15) is 0 Å². The molecule has 1 aliphatic rings. The van der Waals surface area contributed by atoms with Gasteiger partial charge in [-0.15, -0.1) is 0 Å². The van der Waals surface area contributed by atoms with Gasteiger partial charge in [-0.3, -0.25) is 0 Å². The molecule has 0 amide bonds. The molecule has 1 fully saturated rings. The molecule has 2 aromatic rings. The summed E-state index contributed by atoms with van der Waals surface area (Å²) in [5.41, 5.74) is 2.91. The average Bonchev–Trinajstić information content (AvgIpc) is 3.07. The second kappa shape index (κ2) is 3.49. The summed E-state index contributed by atoms with van der Waals surface area (Å²) in [5, 5.41) is 13.2. The van der Waals surface area contributed by atoms with Crippen LogP contribution in [0.1, 0.15) is 30.0 Å². The Bertz CT molecular complexity index is 559. The van der Waals surface area contributed by atoms with Gasteiger partial charge in [-0.1, -0.05) is 6.07 Å². The van der Waals surface area contributed by atoms with E-state index < -0.39 is 0 Å². The molecule has 3 rings (SSSR count). The van der Waals surface area contributed by atoms with Crippen molar-refractivity contribution in [2.45, 2.75) is 18.8 Å². The lowest BCUT2D eigenvalue weighted by Gasteiger charge is -2.06. The molecular weight excluding hydrogens is 198 g/mol. The molecule has 1 aliphatic carbocycles. The van der Waals surface area contributed by atoms with Crippen LogP contribution in [0.5, 0.6) is 0 Å². The quantitative estimate of drug-likeness (QED) is 0.762. The second-order valence-corrected chi connectivity index (χ2v) is 4.10. The minimum absolute atomic E-state index is 0.660. The highest BCUT2D eigenvalue weighted by Gasteiger charge is 2.27. The van der Waals surface area contributed by atoms with Gasteiger partial charge in [0.05, 0.1) is 17.3 Å². The summed E-state index contributed by atoms with van der Waals surface area (Å²) in [4.78, 5) is 0. The molecule has 1 heterocycles. The molecule has 1 aromatic carbocycles. The molecule has 78 valence electrons. The molecule has 1 aromatic heterocycles. The van der Waals surface area contributed by atoms with Gasteiger partial charge in [0.2, 0.25) is 0 Å². The van der Waals surface area contributed by atoms with E-state index in [1.54, 1.807) is 0 Å². The highest BCUT2D eigenvalue weighted by atomic mass is 15.3. The van der Waals surface area contributed by atoms with Crippen molar-refractivity contribution in [1.29, 1.82) is 5.26 Å². The fourth-order valence-electron chi connectivity index (χ4n) is 1.92. The van der Waals surface area contributed by atoms with Crippen LogP contribution < -0.4 is 0 Å². The molecule has 0 radical (unpaired) electrons. The highest BCUT2D eigenvalue weighted by Crippen LogP contribution is 2.40. The Hall–Kier alpha value is -2.08. The fraction of sp³-hybridized carbons (Fsp3) is 0.231. The molecule has 0 aliphatic heterocycles. The molecule has 3 heteroatoms. The predicted octanol–water partition coefficient (Wildman–Crippen LogP) is 2.62. The third-order valence-corrected chi connectivity index (χ3v) is 2.89. The second-order valence-electron chi connectivity index (χ2n) is 4.10. The number of benzene rings is 1. The molecule has 1 saturated carbocycles. The Kier molecular flexibility index (Phi) is 2.00. The summed E-state index contributed by atoms with van der Waals surface area (Å²) in [6, 6.07) is 11.8. The highest BCUT2D eigenvalue weighted by molar-refractivity contribution is 5.42. The van der Waals surface area contributed by atoms with Crippen molar-refractivity contribution >= 4 is 0 Å². The van der Waals surface area contributed by atoms with Crippen LogP contribution in [-0.2, 0) is 0 Å². The van der Waals surface area contributed by atoms with Gasteiger partial charge >= 0.3 is 0 Å². The van der Waals surface area contributed by atoms with Crippen LogP contribution in [0.25, 0.3) is 5.69 Å². The first kappa shape index (κ1) is 9.17. The summed E-state index contributed by atoms with van der Waals surface area (Å²) < 4.78 is 1.94. The van der Waals surface area contributed by atoms with Crippen molar-refractivity contribution in [1.82, 2.24) is 9.78 Å². The fourth-order valence-corrected chi connectivity index (χ4v) is 1.92. The predicted molar refractivity (Wildman–Crippen MR) is 60.3 cm³/mol. The molecule has 0 spiro atoms. The molecule has 0 bridgehead atoms. The minimum atomic E-state index is 0.660. The number of hydrogen-bond acceptors (Lipinski definition) is 2. The monoisotopic (exact) mass is 209 g/mol. The van der Waals surface area contributed by atoms with Crippen molar-refractivity contribution in [2.75, 3.05) is 0 Å². The summed E-state index contributed by atoms with van der Waals surface area (Å²) in [7, 11) is 0. The third-order valence-electron chi connectivity index (χ3n) is 2.89. The zero-order valence-corrected chi connectivity index (χ0v) is 8.80. The first-order valence-corrected chi connectivity index (χ1v) is 5.43. The maximum absolute atomic E-state index is 8.87. The summed E-state index contributed by atoms with van der Waals surface area (Å²) in [5.74, 6) is 0.660. The van der Waals surface area contributed by atoms with Crippen molar-refractivity contribution < 1.29 is 0 Å². The summed E-state index contributed by atoms with van der Waals surface area (Å²) >= 11 is 0. The number of nitriles is 1. The Balaban J connectivity index is 2.07. The van der Waals surface area contributed by atoms with E-state index in [0.29, 0.717) is 11.5 Å². The first-order chi connectivity index (χ1) is 7.88. The van der Waals surface area contributed by atoms with E-state index in [0.717, 1.165) is 5.69 Å². The molecule has 0 unspecified atom stereocenters. The summed E-state index contributed by atoms with van der Waals surface area (Å²) in [6.07, 6.45) is 4.33. The maximum atomic E-state index is 8.87. The molecule has 3 nitrogen and oxygen atoms in total. The Labute approximate surface area is 93.9 Å². The average molecular weight is 209 g/mol. The Morgan fingerprint density at radius 3 is 2.94 bits per heavy atom. The van der Waals surface area contributed by atoms with E-state index in [-0.39, 0.29) is 0 Å².